The van der Waals surface area contributed by atoms with Crippen molar-refractivity contribution < 1.29 is 14.1 Å². The summed E-state index contributed by atoms with van der Waals surface area (Å²) in [5.41, 5.74) is 0. The first-order valence-corrected chi connectivity index (χ1v) is 8.74. The number of ether oxygens (including phenoxy) is 1. The van der Waals surface area contributed by atoms with Crippen LogP contribution in [0.2, 0.25) is 0 Å². The number of likely N-dealkylation sites (tertiary alicyclic amines) is 1. The van der Waals surface area contributed by atoms with Gasteiger partial charge in [0.05, 0.1) is 19.8 Å². The minimum absolute atomic E-state index is 0.0442. The smallest absolute Gasteiger partial charge is 0.249 e. The van der Waals surface area contributed by atoms with Crippen LogP contribution in [0, 0.1) is 0 Å². The molecule has 7 nitrogen and oxygen atoms in total. The molecule has 0 radical (unpaired) electrons. The van der Waals surface area contributed by atoms with E-state index in [0.717, 1.165) is 57.6 Å². The lowest BCUT2D eigenvalue weighted by molar-refractivity contribution is -0.138. The molecule has 2 saturated heterocycles. The molecule has 1 saturated carbocycles. The minimum Gasteiger partial charge on any atom is -0.379 e. The number of aromatic nitrogens is 2. The monoisotopic (exact) mass is 320 g/mol. The van der Waals surface area contributed by atoms with Crippen molar-refractivity contribution in [3.05, 3.63) is 11.7 Å². The van der Waals surface area contributed by atoms with Crippen molar-refractivity contribution in [1.82, 2.24) is 19.9 Å². The number of carbonyl (C=O) groups excluding carboxylic acids is 1. The third-order valence-electron chi connectivity index (χ3n) is 4.97. The van der Waals surface area contributed by atoms with Crippen LogP contribution < -0.4 is 0 Å². The minimum atomic E-state index is -0.0442. The first-order chi connectivity index (χ1) is 11.3. The topological polar surface area (TPSA) is 71.7 Å². The lowest BCUT2D eigenvalue weighted by atomic mass is 10.0. The van der Waals surface area contributed by atoms with Crippen LogP contribution in [0.4, 0.5) is 0 Å². The van der Waals surface area contributed by atoms with E-state index in [9.17, 15) is 4.79 Å². The van der Waals surface area contributed by atoms with Crippen molar-refractivity contribution in [2.45, 2.75) is 44.1 Å². The second kappa shape index (κ2) is 6.57. The zero-order valence-electron chi connectivity index (χ0n) is 13.4. The fourth-order valence-electron chi connectivity index (χ4n) is 3.42. The Morgan fingerprint density at radius 1 is 1.13 bits per heavy atom. The molecule has 126 valence electrons. The first-order valence-electron chi connectivity index (χ1n) is 8.74. The van der Waals surface area contributed by atoms with Crippen LogP contribution in [0.15, 0.2) is 4.52 Å². The Morgan fingerprint density at radius 2 is 1.96 bits per heavy atom. The quantitative estimate of drug-likeness (QED) is 0.833. The van der Waals surface area contributed by atoms with E-state index in [1.165, 1.54) is 0 Å². The molecular weight excluding hydrogens is 296 g/mol. The normalized spacial score (nSPS) is 26.4. The van der Waals surface area contributed by atoms with Gasteiger partial charge >= 0.3 is 0 Å². The lowest BCUT2D eigenvalue weighted by Crippen LogP contribution is -2.47. The number of carbonyl (C=O) groups is 1. The summed E-state index contributed by atoms with van der Waals surface area (Å²) in [6.45, 7) is 4.34. The number of rotatable bonds is 4. The molecule has 0 bridgehead atoms. The predicted molar refractivity (Wildman–Crippen MR) is 81.8 cm³/mol. The van der Waals surface area contributed by atoms with Gasteiger partial charge in [0.1, 0.15) is 6.04 Å². The molecule has 3 fully saturated rings. The highest BCUT2D eigenvalue weighted by atomic mass is 16.5. The van der Waals surface area contributed by atoms with Crippen molar-refractivity contribution in [1.29, 1.82) is 0 Å². The standard InChI is InChI=1S/C16H24N4O3/c21-14(11-19-7-9-22-10-8-19)20-6-2-1-3-13(20)16-17-15(18-23-16)12-4-5-12/h12-13H,1-11H2/t13-/m0/s1. The van der Waals surface area contributed by atoms with Crippen molar-refractivity contribution in [3.63, 3.8) is 0 Å². The fraction of sp³-hybridized carbons (Fsp3) is 0.812. The SMILES string of the molecule is O=C(CN1CCOCC1)N1CCCC[C@H]1c1nc(C2CC2)no1. The maximum Gasteiger partial charge on any atom is 0.249 e. The predicted octanol–water partition coefficient (Wildman–Crippen LogP) is 1.33. The number of nitrogens with zero attached hydrogens (tertiary/aromatic N) is 4. The van der Waals surface area contributed by atoms with Gasteiger partial charge < -0.3 is 14.2 Å². The first kappa shape index (κ1) is 15.1. The van der Waals surface area contributed by atoms with Crippen LogP contribution in [0.5, 0.6) is 0 Å². The number of piperidine rings is 1. The van der Waals surface area contributed by atoms with Gasteiger partial charge in [0.25, 0.3) is 0 Å². The van der Waals surface area contributed by atoms with E-state index in [-0.39, 0.29) is 11.9 Å². The molecule has 23 heavy (non-hydrogen) atoms. The summed E-state index contributed by atoms with van der Waals surface area (Å²) in [6.07, 6.45) is 5.38. The van der Waals surface area contributed by atoms with Crippen molar-refractivity contribution in [3.8, 4) is 0 Å². The van der Waals surface area contributed by atoms with E-state index in [2.05, 4.69) is 15.0 Å². The molecule has 3 heterocycles. The molecule has 3 aliphatic rings. The zero-order chi connectivity index (χ0) is 15.6. The number of amides is 1. The van der Waals surface area contributed by atoms with Gasteiger partial charge in [0.2, 0.25) is 11.8 Å². The Kier molecular flexibility index (Phi) is 4.31. The maximum absolute atomic E-state index is 12.8. The summed E-state index contributed by atoms with van der Waals surface area (Å²) in [6, 6.07) is -0.0442. The van der Waals surface area contributed by atoms with Gasteiger partial charge in [0, 0.05) is 25.6 Å². The number of morpholine rings is 1. The molecule has 0 N–H and O–H groups in total. The molecule has 0 aromatic carbocycles. The van der Waals surface area contributed by atoms with Crippen LogP contribution >= 0.6 is 0 Å². The van der Waals surface area contributed by atoms with Gasteiger partial charge in [-0.15, -0.1) is 0 Å². The average Bonchev–Trinajstić information content (AvgIpc) is 3.33. The second-order valence-corrected chi connectivity index (χ2v) is 6.75. The molecule has 1 aromatic rings. The summed E-state index contributed by atoms with van der Waals surface area (Å²) >= 11 is 0. The second-order valence-electron chi connectivity index (χ2n) is 6.75. The Hall–Kier alpha value is -1.47. The third kappa shape index (κ3) is 3.40. The van der Waals surface area contributed by atoms with E-state index >= 15 is 0 Å². The van der Waals surface area contributed by atoms with Gasteiger partial charge in [-0.05, 0) is 32.1 Å². The van der Waals surface area contributed by atoms with Gasteiger partial charge in [-0.1, -0.05) is 5.16 Å². The van der Waals surface area contributed by atoms with Gasteiger partial charge in [0.15, 0.2) is 5.82 Å². The molecule has 1 aliphatic carbocycles. The van der Waals surface area contributed by atoms with Crippen LogP contribution in [0.1, 0.15) is 55.8 Å². The van der Waals surface area contributed by atoms with Gasteiger partial charge in [-0.2, -0.15) is 4.98 Å². The Bertz CT molecular complexity index is 551. The van der Waals surface area contributed by atoms with E-state index in [1.807, 2.05) is 4.90 Å². The largest absolute Gasteiger partial charge is 0.379 e. The fourth-order valence-corrected chi connectivity index (χ4v) is 3.42. The molecule has 0 unspecified atom stereocenters. The van der Waals surface area contributed by atoms with Crippen LogP contribution in [-0.2, 0) is 9.53 Å². The molecule has 1 atom stereocenters. The van der Waals surface area contributed by atoms with Crippen LogP contribution in [0.3, 0.4) is 0 Å². The maximum atomic E-state index is 12.8. The molecular formula is C16H24N4O3. The van der Waals surface area contributed by atoms with Crippen molar-refractivity contribution in [2.75, 3.05) is 39.4 Å². The van der Waals surface area contributed by atoms with Gasteiger partial charge in [-0.25, -0.2) is 0 Å². The zero-order valence-corrected chi connectivity index (χ0v) is 13.4. The number of hydrogen-bond acceptors (Lipinski definition) is 6. The highest BCUT2D eigenvalue weighted by Crippen LogP contribution is 2.39. The molecule has 1 aromatic heterocycles. The Labute approximate surface area is 136 Å². The van der Waals surface area contributed by atoms with E-state index < -0.39 is 0 Å². The van der Waals surface area contributed by atoms with E-state index in [1.54, 1.807) is 0 Å². The molecule has 7 heteroatoms. The molecule has 0 spiro atoms. The highest BCUT2D eigenvalue weighted by Gasteiger charge is 2.35. The summed E-state index contributed by atoms with van der Waals surface area (Å²) in [5, 5.41) is 4.11. The molecule has 1 amide bonds. The summed E-state index contributed by atoms with van der Waals surface area (Å²) in [5.74, 6) is 2.10. The third-order valence-corrected chi connectivity index (χ3v) is 4.97. The molecule has 4 rings (SSSR count). The van der Waals surface area contributed by atoms with Crippen LogP contribution in [-0.4, -0.2) is 65.2 Å². The highest BCUT2D eigenvalue weighted by molar-refractivity contribution is 5.78. The van der Waals surface area contributed by atoms with E-state index in [4.69, 9.17) is 9.26 Å². The Morgan fingerprint density at radius 3 is 2.74 bits per heavy atom. The lowest BCUT2D eigenvalue weighted by Gasteiger charge is -2.35. The summed E-state index contributed by atoms with van der Waals surface area (Å²) in [4.78, 5) is 21.4. The van der Waals surface area contributed by atoms with Gasteiger partial charge in [-0.3, -0.25) is 9.69 Å². The van der Waals surface area contributed by atoms with E-state index in [0.29, 0.717) is 31.6 Å². The molecule has 2 aliphatic heterocycles. The van der Waals surface area contributed by atoms with Crippen molar-refractivity contribution >= 4 is 5.91 Å². The summed E-state index contributed by atoms with van der Waals surface area (Å²) < 4.78 is 10.8. The van der Waals surface area contributed by atoms with Crippen molar-refractivity contribution in [2.24, 2.45) is 0 Å². The average molecular weight is 320 g/mol. The van der Waals surface area contributed by atoms with Crippen LogP contribution in [0.25, 0.3) is 0 Å². The summed E-state index contributed by atoms with van der Waals surface area (Å²) in [7, 11) is 0. The Balaban J connectivity index is 1.44. The number of hydrogen-bond donors (Lipinski definition) is 0.